The molecule has 8 rings (SSSR count). The number of ether oxygens (including phenoxy) is 3. The summed E-state index contributed by atoms with van der Waals surface area (Å²) < 4.78 is 34.8. The second-order valence-electron chi connectivity index (χ2n) is 15.2. The molecule has 1 N–H and O–H groups in total. The number of carbonyl (C=O) groups is 3. The van der Waals surface area contributed by atoms with Crippen molar-refractivity contribution in [3.63, 3.8) is 0 Å². The molecule has 4 aliphatic heterocycles. The van der Waals surface area contributed by atoms with Crippen LogP contribution in [0.4, 0.5) is 21.2 Å². The van der Waals surface area contributed by atoms with Gasteiger partial charge < -0.3 is 33.2 Å². The molecule has 54 heavy (non-hydrogen) atoms. The average Bonchev–Trinajstić information content (AvgIpc) is 3.59. The summed E-state index contributed by atoms with van der Waals surface area (Å²) in [7, 11) is -2.02. The zero-order valence-corrected chi connectivity index (χ0v) is 31.8. The molecule has 4 aliphatic rings. The lowest BCUT2D eigenvalue weighted by atomic mass is 9.82. The Morgan fingerprint density at radius 3 is 2.50 bits per heavy atom. The van der Waals surface area contributed by atoms with E-state index in [4.69, 9.17) is 14.2 Å². The molecular weight excluding hydrogens is 706 g/mol. The molecule has 0 radical (unpaired) electrons. The number of carbonyl (C=O) groups excluding carboxylic acids is 3. The van der Waals surface area contributed by atoms with Crippen molar-refractivity contribution in [1.29, 1.82) is 0 Å². The summed E-state index contributed by atoms with van der Waals surface area (Å²) in [6.45, 7) is 5.28. The van der Waals surface area contributed by atoms with Crippen LogP contribution in [0.25, 0.3) is 0 Å². The van der Waals surface area contributed by atoms with E-state index < -0.39 is 37.6 Å². The molecule has 12 heteroatoms. The van der Waals surface area contributed by atoms with Crippen LogP contribution in [0.1, 0.15) is 35.6 Å². The summed E-state index contributed by atoms with van der Waals surface area (Å²) in [6, 6.07) is 27.7. The third kappa shape index (κ3) is 5.87. The first-order valence-electron chi connectivity index (χ1n) is 18.4. The zero-order valence-electron chi connectivity index (χ0n) is 30.8. The van der Waals surface area contributed by atoms with Crippen LogP contribution in [0.3, 0.4) is 0 Å². The molecule has 3 amide bonds. The van der Waals surface area contributed by atoms with Crippen LogP contribution in [0.5, 0.6) is 11.5 Å². The Kier molecular flexibility index (Phi) is 9.10. The number of methoxy groups -OCH3 is 1. The Morgan fingerprint density at radius 1 is 0.981 bits per heavy atom. The van der Waals surface area contributed by atoms with Gasteiger partial charge in [-0.3, -0.25) is 19.3 Å². The van der Waals surface area contributed by atoms with Gasteiger partial charge in [-0.1, -0.05) is 55.5 Å². The van der Waals surface area contributed by atoms with Crippen LogP contribution in [-0.4, -0.2) is 68.6 Å². The first kappa shape index (κ1) is 36.0. The van der Waals surface area contributed by atoms with Gasteiger partial charge in [0.1, 0.15) is 11.5 Å². The monoisotopic (exact) mass is 749 g/mol. The maximum Gasteiger partial charge on any atom is 0.269 e. The molecule has 1 saturated heterocycles. The number of anilines is 3. The SMILES string of the molecule is COc1ccc2c(c1)[C@]1(O[C@@H](CC(=O)N3Cc4ccccc4C[C@H]3CO)[C@H]([Si](C)(C)F)[C@H]1C)C(=O)N2Cc1cccc(N2C(=O)COc3ccccc32)c1. The topological polar surface area (TPSA) is 109 Å². The van der Waals surface area contributed by atoms with E-state index in [1.807, 2.05) is 85.8 Å². The molecule has 0 aromatic heterocycles. The lowest BCUT2D eigenvalue weighted by Gasteiger charge is -2.37. The highest BCUT2D eigenvalue weighted by Crippen LogP contribution is 2.61. The molecular formula is C42H44FN3O7Si. The second kappa shape index (κ2) is 13.7. The fourth-order valence-corrected chi connectivity index (χ4v) is 11.7. The van der Waals surface area contributed by atoms with Crippen LogP contribution in [0.2, 0.25) is 18.6 Å². The summed E-state index contributed by atoms with van der Waals surface area (Å²) in [6.07, 6.45) is -0.487. The highest BCUT2D eigenvalue weighted by molar-refractivity contribution is 6.72. The maximum absolute atomic E-state index is 16.6. The molecule has 4 heterocycles. The van der Waals surface area contributed by atoms with Crippen molar-refractivity contribution < 1.29 is 37.8 Å². The third-order valence-electron chi connectivity index (χ3n) is 11.6. The Hall–Kier alpha value is -5.04. The van der Waals surface area contributed by atoms with Gasteiger partial charge in [-0.2, -0.15) is 0 Å². The van der Waals surface area contributed by atoms with Crippen molar-refractivity contribution in [1.82, 2.24) is 4.90 Å². The van der Waals surface area contributed by atoms with Crippen molar-refractivity contribution in [2.45, 2.75) is 69.2 Å². The number of rotatable bonds is 8. The van der Waals surface area contributed by atoms with Crippen molar-refractivity contribution in [2.24, 2.45) is 5.92 Å². The van der Waals surface area contributed by atoms with Gasteiger partial charge >= 0.3 is 0 Å². The molecule has 0 bridgehead atoms. The van der Waals surface area contributed by atoms with Gasteiger partial charge in [0.2, 0.25) is 14.3 Å². The van der Waals surface area contributed by atoms with Gasteiger partial charge in [0.05, 0.1) is 50.2 Å². The number of fused-ring (bicyclic) bond motifs is 4. The van der Waals surface area contributed by atoms with Gasteiger partial charge in [0.15, 0.2) is 12.2 Å². The number of benzene rings is 4. The quantitative estimate of drug-likeness (QED) is 0.164. The standard InChI is InChI=1S/C42H44FN3O7Si/c1-26-40(54(3,4)43)37(21-38(48)44-23-29-12-6-5-11-28(29)19-31(44)24-47)53-42(26)33-20-32(51-2)16-17-34(33)45(41(42)50)22-27-10-9-13-30(18-27)46-35-14-7-8-15-36(35)52-25-39(46)49/h5-18,20,26,31,37,40,47H,19,21-25H2,1-4H3/t26-,31+,37+,40-,42+/m1/s1. The molecule has 1 spiro atoms. The second-order valence-corrected chi connectivity index (χ2v) is 19.0. The molecule has 0 saturated carbocycles. The van der Waals surface area contributed by atoms with Gasteiger partial charge in [-0.15, -0.1) is 0 Å². The number of amides is 3. The minimum Gasteiger partial charge on any atom is -0.497 e. The number of nitrogens with zero attached hydrogens (tertiary/aromatic N) is 3. The number of para-hydroxylation sites is 2. The van der Waals surface area contributed by atoms with Gasteiger partial charge in [-0.05, 0) is 78.7 Å². The normalized spacial score (nSPS) is 24.7. The maximum atomic E-state index is 16.6. The molecule has 1 fully saturated rings. The van der Waals surface area contributed by atoms with Crippen molar-refractivity contribution >= 4 is 43.2 Å². The molecule has 4 aromatic rings. The zero-order chi connectivity index (χ0) is 37.9. The summed E-state index contributed by atoms with van der Waals surface area (Å²) in [5.74, 6) is -0.282. The largest absolute Gasteiger partial charge is 0.497 e. The van der Waals surface area contributed by atoms with Gasteiger partial charge in [0, 0.05) is 29.3 Å². The Labute approximate surface area is 315 Å². The molecule has 0 aliphatic carbocycles. The summed E-state index contributed by atoms with van der Waals surface area (Å²) >= 11 is 0. The van der Waals surface area contributed by atoms with Crippen molar-refractivity contribution in [3.05, 3.63) is 113 Å². The van der Waals surface area contributed by atoms with E-state index in [1.54, 1.807) is 47.0 Å². The Bertz CT molecular complexity index is 2140. The van der Waals surface area contributed by atoms with Crippen LogP contribution >= 0.6 is 0 Å². The average molecular weight is 750 g/mol. The van der Waals surface area contributed by atoms with Gasteiger partial charge in [0.25, 0.3) is 11.8 Å². The Morgan fingerprint density at radius 2 is 1.74 bits per heavy atom. The van der Waals surface area contributed by atoms with Crippen molar-refractivity contribution in [2.75, 3.05) is 30.1 Å². The van der Waals surface area contributed by atoms with E-state index in [0.717, 1.165) is 16.7 Å². The predicted octanol–water partition coefficient (Wildman–Crippen LogP) is 6.41. The number of hydrogen-bond donors (Lipinski definition) is 1. The number of aliphatic hydroxyl groups excluding tert-OH is 1. The number of aliphatic hydroxyl groups is 1. The Balaban J connectivity index is 1.13. The minimum atomic E-state index is -3.57. The van der Waals surface area contributed by atoms with E-state index in [9.17, 15) is 14.7 Å². The lowest BCUT2D eigenvalue weighted by molar-refractivity contribution is -0.151. The van der Waals surface area contributed by atoms with Crippen LogP contribution in [0, 0.1) is 5.92 Å². The molecule has 280 valence electrons. The van der Waals surface area contributed by atoms with Crippen LogP contribution in [0.15, 0.2) is 91.0 Å². The van der Waals surface area contributed by atoms with E-state index in [2.05, 4.69) is 0 Å². The predicted molar refractivity (Wildman–Crippen MR) is 204 cm³/mol. The van der Waals surface area contributed by atoms with E-state index in [0.29, 0.717) is 47.1 Å². The lowest BCUT2D eigenvalue weighted by Crippen LogP contribution is -2.48. The number of hydrogen-bond acceptors (Lipinski definition) is 7. The highest BCUT2D eigenvalue weighted by atomic mass is 28.4. The molecule has 4 aromatic carbocycles. The number of halogens is 1. The minimum absolute atomic E-state index is 0.0937. The van der Waals surface area contributed by atoms with E-state index >= 15 is 8.90 Å². The van der Waals surface area contributed by atoms with Crippen LogP contribution < -0.4 is 19.3 Å². The fraction of sp³-hybridized carbons (Fsp3) is 0.357. The van der Waals surface area contributed by atoms with Crippen molar-refractivity contribution in [3.8, 4) is 11.5 Å². The molecule has 0 unspecified atom stereocenters. The van der Waals surface area contributed by atoms with E-state index in [-0.39, 0.29) is 43.9 Å². The summed E-state index contributed by atoms with van der Waals surface area (Å²) in [5, 5.41) is 10.3. The molecule has 10 nitrogen and oxygen atoms in total. The smallest absolute Gasteiger partial charge is 0.269 e. The van der Waals surface area contributed by atoms with E-state index in [1.165, 1.54) is 0 Å². The summed E-state index contributed by atoms with van der Waals surface area (Å²) in [4.78, 5) is 47.4. The first-order chi connectivity index (χ1) is 25.9. The molecule has 5 atom stereocenters. The highest BCUT2D eigenvalue weighted by Gasteiger charge is 2.67. The third-order valence-corrected chi connectivity index (χ3v) is 14.1. The van der Waals surface area contributed by atoms with Gasteiger partial charge in [-0.25, -0.2) is 0 Å². The fourth-order valence-electron chi connectivity index (χ4n) is 9.20. The van der Waals surface area contributed by atoms with Crippen LogP contribution in [-0.2, 0) is 44.2 Å². The first-order valence-corrected chi connectivity index (χ1v) is 21.4. The summed E-state index contributed by atoms with van der Waals surface area (Å²) in [5.41, 5.74) is 3.08.